The minimum atomic E-state index is -0.159. The van der Waals surface area contributed by atoms with E-state index in [0.717, 1.165) is 29.4 Å². The first kappa shape index (κ1) is 16.2. The molecule has 114 valence electrons. The molecule has 0 saturated heterocycles. The van der Waals surface area contributed by atoms with Crippen molar-refractivity contribution in [1.82, 2.24) is 5.43 Å². The molecule has 3 nitrogen and oxygen atoms in total. The number of halogens is 1. The number of hydrazone groups is 1. The molecular formula is C17H23BrN2O. The standard InChI is InChI=1S/C17H23BrN2O/c1-17(2,3)13-9-5-7-11-15(13)19-20-16(21)12-8-4-6-10-14(12)18/h4,6,8,10,13H,5,7,9,11H2,1-3H3,(H,20,21)/b19-15-. The van der Waals surface area contributed by atoms with Gasteiger partial charge in [-0.1, -0.05) is 39.3 Å². The Hall–Kier alpha value is -1.16. The highest BCUT2D eigenvalue weighted by Gasteiger charge is 2.31. The summed E-state index contributed by atoms with van der Waals surface area (Å²) in [5.74, 6) is 0.291. The van der Waals surface area contributed by atoms with Crippen molar-refractivity contribution < 1.29 is 4.79 Å². The van der Waals surface area contributed by atoms with Crippen molar-refractivity contribution in [3.63, 3.8) is 0 Å². The fourth-order valence-electron chi connectivity index (χ4n) is 2.89. The molecule has 1 unspecified atom stereocenters. The van der Waals surface area contributed by atoms with Gasteiger partial charge in [0.2, 0.25) is 0 Å². The summed E-state index contributed by atoms with van der Waals surface area (Å²) in [5, 5.41) is 4.44. The van der Waals surface area contributed by atoms with Crippen LogP contribution in [0.15, 0.2) is 33.8 Å². The number of carbonyl (C=O) groups excluding carboxylic acids is 1. The van der Waals surface area contributed by atoms with Crippen LogP contribution < -0.4 is 5.43 Å². The Balaban J connectivity index is 2.12. The summed E-state index contributed by atoms with van der Waals surface area (Å²) in [4.78, 5) is 12.2. The third-order valence-corrected chi connectivity index (χ3v) is 4.73. The number of carbonyl (C=O) groups is 1. The predicted octanol–water partition coefficient (Wildman–Crippen LogP) is 4.77. The second-order valence-corrected chi connectivity index (χ2v) is 7.54. The van der Waals surface area contributed by atoms with Crippen molar-refractivity contribution in [1.29, 1.82) is 0 Å². The quantitative estimate of drug-likeness (QED) is 0.766. The zero-order chi connectivity index (χ0) is 15.5. The predicted molar refractivity (Wildman–Crippen MR) is 90.5 cm³/mol. The zero-order valence-electron chi connectivity index (χ0n) is 12.9. The van der Waals surface area contributed by atoms with Crippen molar-refractivity contribution in [2.24, 2.45) is 16.4 Å². The van der Waals surface area contributed by atoms with Crippen LogP contribution in [0.25, 0.3) is 0 Å². The van der Waals surface area contributed by atoms with Gasteiger partial charge in [0.1, 0.15) is 0 Å². The summed E-state index contributed by atoms with van der Waals surface area (Å²) in [6, 6.07) is 7.40. The Labute approximate surface area is 135 Å². The van der Waals surface area contributed by atoms with E-state index in [9.17, 15) is 4.79 Å². The van der Waals surface area contributed by atoms with Crippen molar-refractivity contribution in [2.75, 3.05) is 0 Å². The van der Waals surface area contributed by atoms with E-state index in [1.54, 1.807) is 6.07 Å². The second-order valence-electron chi connectivity index (χ2n) is 6.69. The summed E-state index contributed by atoms with van der Waals surface area (Å²) in [7, 11) is 0. The molecule has 0 heterocycles. The van der Waals surface area contributed by atoms with E-state index in [1.165, 1.54) is 6.42 Å². The first-order chi connectivity index (χ1) is 9.89. The van der Waals surface area contributed by atoms with Crippen molar-refractivity contribution in [3.05, 3.63) is 34.3 Å². The summed E-state index contributed by atoms with van der Waals surface area (Å²) in [6.07, 6.45) is 4.56. The fourth-order valence-corrected chi connectivity index (χ4v) is 3.36. The van der Waals surface area contributed by atoms with Gasteiger partial charge in [0.05, 0.1) is 5.56 Å². The minimum Gasteiger partial charge on any atom is -0.267 e. The Morgan fingerprint density at radius 2 is 2.00 bits per heavy atom. The number of benzene rings is 1. The van der Waals surface area contributed by atoms with Crippen LogP contribution in [-0.4, -0.2) is 11.6 Å². The van der Waals surface area contributed by atoms with Gasteiger partial charge in [0, 0.05) is 16.1 Å². The maximum atomic E-state index is 12.2. The first-order valence-corrected chi connectivity index (χ1v) is 8.30. The molecule has 1 aromatic rings. The van der Waals surface area contributed by atoms with E-state index in [1.807, 2.05) is 18.2 Å². The number of hydrogen-bond acceptors (Lipinski definition) is 2. The van der Waals surface area contributed by atoms with Crippen LogP contribution in [-0.2, 0) is 0 Å². The van der Waals surface area contributed by atoms with E-state index in [2.05, 4.69) is 47.2 Å². The lowest BCUT2D eigenvalue weighted by Gasteiger charge is -2.34. The van der Waals surface area contributed by atoms with Crippen molar-refractivity contribution in [2.45, 2.75) is 46.5 Å². The number of nitrogens with one attached hydrogen (secondary N) is 1. The van der Waals surface area contributed by atoms with E-state index < -0.39 is 0 Å². The molecule has 0 aliphatic heterocycles. The second kappa shape index (κ2) is 6.73. The number of nitrogens with zero attached hydrogens (tertiary/aromatic N) is 1. The van der Waals surface area contributed by atoms with Gasteiger partial charge in [0.25, 0.3) is 5.91 Å². The molecule has 1 N–H and O–H groups in total. The Kier molecular flexibility index (Phi) is 5.20. The lowest BCUT2D eigenvalue weighted by molar-refractivity contribution is 0.0953. The molecule has 1 aliphatic rings. The first-order valence-electron chi connectivity index (χ1n) is 7.51. The van der Waals surface area contributed by atoms with Crippen LogP contribution in [0.3, 0.4) is 0 Å². The number of rotatable bonds is 2. The SMILES string of the molecule is CC(C)(C)C1CCCC/C1=N/NC(=O)c1ccccc1Br. The largest absolute Gasteiger partial charge is 0.272 e. The molecule has 1 saturated carbocycles. The third kappa shape index (κ3) is 4.16. The van der Waals surface area contributed by atoms with Crippen LogP contribution in [0.1, 0.15) is 56.8 Å². The van der Waals surface area contributed by atoms with Gasteiger partial charge < -0.3 is 0 Å². The smallest absolute Gasteiger partial charge is 0.267 e. The van der Waals surface area contributed by atoms with Gasteiger partial charge >= 0.3 is 0 Å². The maximum Gasteiger partial charge on any atom is 0.272 e. The van der Waals surface area contributed by atoms with Gasteiger partial charge in [0.15, 0.2) is 0 Å². The molecule has 1 atom stereocenters. The molecule has 1 aliphatic carbocycles. The summed E-state index contributed by atoms with van der Waals surface area (Å²) in [6.45, 7) is 6.73. The van der Waals surface area contributed by atoms with E-state index >= 15 is 0 Å². The molecule has 2 rings (SSSR count). The number of amides is 1. The highest BCUT2D eigenvalue weighted by atomic mass is 79.9. The third-order valence-electron chi connectivity index (χ3n) is 4.04. The molecule has 21 heavy (non-hydrogen) atoms. The topological polar surface area (TPSA) is 41.5 Å². The average molecular weight is 351 g/mol. The number of hydrogen-bond donors (Lipinski definition) is 1. The van der Waals surface area contributed by atoms with Crippen LogP contribution in [0.5, 0.6) is 0 Å². The van der Waals surface area contributed by atoms with Crippen molar-refractivity contribution >= 4 is 27.5 Å². The lowest BCUT2D eigenvalue weighted by Crippen LogP contribution is -2.33. The van der Waals surface area contributed by atoms with Crippen LogP contribution in [0.4, 0.5) is 0 Å². The molecule has 0 aromatic heterocycles. The highest BCUT2D eigenvalue weighted by Crippen LogP contribution is 2.36. The summed E-state index contributed by atoms with van der Waals surface area (Å²) >= 11 is 3.40. The monoisotopic (exact) mass is 350 g/mol. The molecule has 0 bridgehead atoms. The van der Waals surface area contributed by atoms with Gasteiger partial charge in [-0.15, -0.1) is 0 Å². The molecule has 1 aromatic carbocycles. The normalized spacial score (nSPS) is 21.3. The zero-order valence-corrected chi connectivity index (χ0v) is 14.5. The summed E-state index contributed by atoms with van der Waals surface area (Å²) < 4.78 is 0.790. The van der Waals surface area contributed by atoms with Gasteiger partial charge in [-0.3, -0.25) is 4.79 Å². The molecule has 1 fully saturated rings. The molecule has 0 spiro atoms. The fraction of sp³-hybridized carbons (Fsp3) is 0.529. The highest BCUT2D eigenvalue weighted by molar-refractivity contribution is 9.10. The van der Waals surface area contributed by atoms with Crippen LogP contribution in [0, 0.1) is 11.3 Å². The maximum absolute atomic E-state index is 12.2. The van der Waals surface area contributed by atoms with Crippen LogP contribution >= 0.6 is 15.9 Å². The summed E-state index contributed by atoms with van der Waals surface area (Å²) in [5.41, 5.74) is 4.67. The Morgan fingerprint density at radius 1 is 1.29 bits per heavy atom. The molecular weight excluding hydrogens is 328 g/mol. The Morgan fingerprint density at radius 3 is 2.67 bits per heavy atom. The van der Waals surface area contributed by atoms with E-state index in [4.69, 9.17) is 0 Å². The van der Waals surface area contributed by atoms with Crippen molar-refractivity contribution in [3.8, 4) is 0 Å². The van der Waals surface area contributed by atoms with Gasteiger partial charge in [-0.25, -0.2) is 5.43 Å². The molecule has 0 radical (unpaired) electrons. The Bertz CT molecular complexity index is 546. The average Bonchev–Trinajstić information content (AvgIpc) is 2.44. The van der Waals surface area contributed by atoms with E-state index in [-0.39, 0.29) is 11.3 Å². The van der Waals surface area contributed by atoms with E-state index in [0.29, 0.717) is 11.5 Å². The molecule has 4 heteroatoms. The van der Waals surface area contributed by atoms with Gasteiger partial charge in [-0.05, 0) is 52.7 Å². The van der Waals surface area contributed by atoms with Gasteiger partial charge in [-0.2, -0.15) is 5.10 Å². The van der Waals surface area contributed by atoms with Crippen LogP contribution in [0.2, 0.25) is 0 Å². The minimum absolute atomic E-state index is 0.159. The molecule has 1 amide bonds. The lowest BCUT2D eigenvalue weighted by atomic mass is 9.71.